The predicted octanol–water partition coefficient (Wildman–Crippen LogP) is 2.99. The Morgan fingerprint density at radius 1 is 1.12 bits per heavy atom. The molecule has 0 aromatic rings. The van der Waals surface area contributed by atoms with Crippen LogP contribution in [0, 0.1) is 11.8 Å². The first kappa shape index (κ1) is 15.9. The monoisotopic (exact) mass is 228 g/mol. The van der Waals surface area contributed by atoms with E-state index in [1.54, 1.807) is 0 Å². The van der Waals surface area contributed by atoms with Crippen LogP contribution in [0.4, 0.5) is 0 Å². The fourth-order valence-electron chi connectivity index (χ4n) is 1.90. The molecule has 2 heteroatoms. The normalized spacial score (nSPS) is 15.8. The van der Waals surface area contributed by atoms with Crippen LogP contribution in [0.3, 0.4) is 0 Å². The summed E-state index contributed by atoms with van der Waals surface area (Å²) in [5.74, 6) is 1.57. The SMILES string of the molecule is CCNC(CN(C)CCC(C)C)C(C)CC. The fourth-order valence-corrected chi connectivity index (χ4v) is 1.90. The van der Waals surface area contributed by atoms with Gasteiger partial charge in [-0.25, -0.2) is 0 Å². The maximum atomic E-state index is 3.61. The number of nitrogens with one attached hydrogen (secondary N) is 1. The summed E-state index contributed by atoms with van der Waals surface area (Å²) in [6, 6.07) is 0.646. The predicted molar refractivity (Wildman–Crippen MR) is 73.9 cm³/mol. The third-order valence-electron chi connectivity index (χ3n) is 3.39. The third-order valence-corrected chi connectivity index (χ3v) is 3.39. The summed E-state index contributed by atoms with van der Waals surface area (Å²) in [6.07, 6.45) is 2.56. The lowest BCUT2D eigenvalue weighted by atomic mass is 9.98. The lowest BCUT2D eigenvalue weighted by Crippen LogP contribution is -2.44. The number of hydrogen-bond acceptors (Lipinski definition) is 2. The third kappa shape index (κ3) is 7.24. The molecule has 0 amide bonds. The van der Waals surface area contributed by atoms with E-state index < -0.39 is 0 Å². The van der Waals surface area contributed by atoms with Gasteiger partial charge >= 0.3 is 0 Å². The van der Waals surface area contributed by atoms with Gasteiger partial charge in [0.15, 0.2) is 0 Å². The zero-order valence-corrected chi connectivity index (χ0v) is 12.2. The highest BCUT2D eigenvalue weighted by Gasteiger charge is 2.16. The molecule has 98 valence electrons. The molecule has 1 N–H and O–H groups in total. The van der Waals surface area contributed by atoms with Gasteiger partial charge in [0.25, 0.3) is 0 Å². The lowest BCUT2D eigenvalue weighted by Gasteiger charge is -2.29. The van der Waals surface area contributed by atoms with E-state index in [0.717, 1.165) is 18.4 Å². The molecule has 0 aromatic carbocycles. The quantitative estimate of drug-likeness (QED) is 0.652. The Balaban J connectivity index is 3.97. The lowest BCUT2D eigenvalue weighted by molar-refractivity contribution is 0.237. The summed E-state index contributed by atoms with van der Waals surface area (Å²) in [6.45, 7) is 14.9. The molecule has 2 nitrogen and oxygen atoms in total. The van der Waals surface area contributed by atoms with Crippen LogP contribution in [0.15, 0.2) is 0 Å². The van der Waals surface area contributed by atoms with Crippen LogP contribution in [0.5, 0.6) is 0 Å². The van der Waals surface area contributed by atoms with Gasteiger partial charge in [-0.3, -0.25) is 0 Å². The van der Waals surface area contributed by atoms with Crippen LogP contribution in [0.1, 0.15) is 47.5 Å². The minimum Gasteiger partial charge on any atom is -0.313 e. The number of likely N-dealkylation sites (N-methyl/N-ethyl adjacent to an activating group) is 2. The molecule has 0 heterocycles. The summed E-state index contributed by atoms with van der Waals surface area (Å²) in [5.41, 5.74) is 0. The average Bonchev–Trinajstić information content (AvgIpc) is 2.24. The molecule has 16 heavy (non-hydrogen) atoms. The van der Waals surface area contributed by atoms with Crippen molar-refractivity contribution in [3.63, 3.8) is 0 Å². The minimum atomic E-state index is 0.646. The molecule has 0 aliphatic rings. The minimum absolute atomic E-state index is 0.646. The van der Waals surface area contributed by atoms with Gasteiger partial charge in [-0.2, -0.15) is 0 Å². The Morgan fingerprint density at radius 3 is 2.19 bits per heavy atom. The van der Waals surface area contributed by atoms with Crippen molar-refractivity contribution in [3.8, 4) is 0 Å². The maximum Gasteiger partial charge on any atom is 0.0220 e. The van der Waals surface area contributed by atoms with Gasteiger partial charge in [0.2, 0.25) is 0 Å². The van der Waals surface area contributed by atoms with Crippen molar-refractivity contribution >= 4 is 0 Å². The van der Waals surface area contributed by atoms with Crippen molar-refractivity contribution in [2.45, 2.75) is 53.5 Å². The number of nitrogens with zero attached hydrogens (tertiary/aromatic N) is 1. The smallest absolute Gasteiger partial charge is 0.0220 e. The first-order valence-electron chi connectivity index (χ1n) is 6.93. The summed E-state index contributed by atoms with van der Waals surface area (Å²) >= 11 is 0. The standard InChI is InChI=1S/C14H32N2/c1-7-13(5)14(15-8-2)11-16(6)10-9-12(3)4/h12-15H,7-11H2,1-6H3. The second kappa shape index (κ2) is 9.00. The molecule has 0 aromatic heterocycles. The Bertz CT molecular complexity index is 157. The van der Waals surface area contributed by atoms with Gasteiger partial charge in [-0.15, -0.1) is 0 Å². The van der Waals surface area contributed by atoms with Crippen LogP contribution in [-0.2, 0) is 0 Å². The molecule has 0 spiro atoms. The van der Waals surface area contributed by atoms with Gasteiger partial charge in [-0.1, -0.05) is 41.0 Å². The number of rotatable bonds is 9. The molecule has 0 aliphatic carbocycles. The molecule has 0 saturated heterocycles. The van der Waals surface area contributed by atoms with Crippen LogP contribution in [-0.4, -0.2) is 37.6 Å². The molecular weight excluding hydrogens is 196 g/mol. The summed E-state index contributed by atoms with van der Waals surface area (Å²) in [4.78, 5) is 2.47. The van der Waals surface area contributed by atoms with Gasteiger partial charge in [0.05, 0.1) is 0 Å². The molecular formula is C14H32N2. The molecule has 0 radical (unpaired) electrons. The topological polar surface area (TPSA) is 15.3 Å². The highest BCUT2D eigenvalue weighted by atomic mass is 15.1. The molecule has 2 atom stereocenters. The van der Waals surface area contributed by atoms with Gasteiger partial charge in [0, 0.05) is 12.6 Å². The van der Waals surface area contributed by atoms with E-state index in [1.165, 1.54) is 25.9 Å². The molecule has 0 fully saturated rings. The van der Waals surface area contributed by atoms with E-state index in [-0.39, 0.29) is 0 Å². The maximum absolute atomic E-state index is 3.61. The van der Waals surface area contributed by atoms with Gasteiger partial charge in [-0.05, 0) is 38.4 Å². The molecule has 0 saturated carbocycles. The zero-order valence-electron chi connectivity index (χ0n) is 12.2. The number of hydrogen-bond donors (Lipinski definition) is 1. The van der Waals surface area contributed by atoms with E-state index >= 15 is 0 Å². The second-order valence-electron chi connectivity index (χ2n) is 5.49. The van der Waals surface area contributed by atoms with E-state index in [2.05, 4.69) is 51.9 Å². The van der Waals surface area contributed by atoms with Gasteiger partial charge in [0.1, 0.15) is 0 Å². The van der Waals surface area contributed by atoms with Crippen molar-refractivity contribution in [1.29, 1.82) is 0 Å². The van der Waals surface area contributed by atoms with E-state index in [9.17, 15) is 0 Å². The highest BCUT2D eigenvalue weighted by molar-refractivity contribution is 4.75. The van der Waals surface area contributed by atoms with Crippen LogP contribution in [0.25, 0.3) is 0 Å². The Labute approximate surface area is 103 Å². The highest BCUT2D eigenvalue weighted by Crippen LogP contribution is 2.09. The second-order valence-corrected chi connectivity index (χ2v) is 5.49. The van der Waals surface area contributed by atoms with E-state index in [0.29, 0.717) is 6.04 Å². The molecule has 0 aliphatic heterocycles. The average molecular weight is 228 g/mol. The summed E-state index contributed by atoms with van der Waals surface area (Å²) < 4.78 is 0. The molecule has 2 unspecified atom stereocenters. The first-order valence-corrected chi connectivity index (χ1v) is 6.93. The molecule has 0 rings (SSSR count). The van der Waals surface area contributed by atoms with Crippen molar-refractivity contribution in [1.82, 2.24) is 10.2 Å². The Hall–Kier alpha value is -0.0800. The summed E-state index contributed by atoms with van der Waals surface area (Å²) in [7, 11) is 2.25. The largest absolute Gasteiger partial charge is 0.313 e. The van der Waals surface area contributed by atoms with Crippen molar-refractivity contribution in [3.05, 3.63) is 0 Å². The zero-order chi connectivity index (χ0) is 12.6. The first-order chi connectivity index (χ1) is 7.51. The van der Waals surface area contributed by atoms with E-state index in [4.69, 9.17) is 0 Å². The van der Waals surface area contributed by atoms with Crippen LogP contribution >= 0.6 is 0 Å². The fraction of sp³-hybridized carbons (Fsp3) is 1.00. The van der Waals surface area contributed by atoms with Crippen LogP contribution in [0.2, 0.25) is 0 Å². The van der Waals surface area contributed by atoms with Crippen molar-refractivity contribution < 1.29 is 0 Å². The Kier molecular flexibility index (Phi) is 8.96. The van der Waals surface area contributed by atoms with Gasteiger partial charge < -0.3 is 10.2 Å². The summed E-state index contributed by atoms with van der Waals surface area (Å²) in [5, 5.41) is 3.61. The van der Waals surface area contributed by atoms with Crippen molar-refractivity contribution in [2.75, 3.05) is 26.7 Å². The Morgan fingerprint density at radius 2 is 1.75 bits per heavy atom. The van der Waals surface area contributed by atoms with Crippen LogP contribution < -0.4 is 5.32 Å². The molecule has 0 bridgehead atoms. The van der Waals surface area contributed by atoms with E-state index in [1.807, 2.05) is 0 Å². The van der Waals surface area contributed by atoms with Crippen molar-refractivity contribution in [2.24, 2.45) is 11.8 Å².